The smallest absolute Gasteiger partial charge is 0.413 e. The molecule has 2 rings (SSSR count). The molecule has 0 aliphatic carbocycles. The number of benzene rings is 1. The number of ether oxygens (including phenoxy) is 1. The Labute approximate surface area is 181 Å². The van der Waals surface area contributed by atoms with Crippen molar-refractivity contribution in [1.82, 2.24) is 10.2 Å². The third-order valence-electron chi connectivity index (χ3n) is 3.86. The molecule has 0 fully saturated rings. The van der Waals surface area contributed by atoms with Crippen LogP contribution in [0.5, 0.6) is 0 Å². The Morgan fingerprint density at radius 2 is 2.13 bits per heavy atom. The van der Waals surface area contributed by atoms with Gasteiger partial charge in [-0.15, -0.1) is 4.99 Å². The third-order valence-corrected chi connectivity index (χ3v) is 4.99. The molecule has 0 aliphatic heterocycles. The second-order valence-electron chi connectivity index (χ2n) is 5.92. The molecule has 162 valence electrons. The first-order valence-electron chi connectivity index (χ1n) is 8.79. The molecule has 4 N–H and O–H groups in total. The number of amides is 1. The van der Waals surface area contributed by atoms with Crippen molar-refractivity contribution >= 4 is 40.0 Å². The van der Waals surface area contributed by atoms with E-state index in [-0.39, 0.29) is 35.7 Å². The van der Waals surface area contributed by atoms with Gasteiger partial charge in [-0.25, -0.2) is 4.79 Å². The molecule has 0 bridgehead atoms. The van der Waals surface area contributed by atoms with Gasteiger partial charge in [0.1, 0.15) is 5.69 Å². The van der Waals surface area contributed by atoms with Gasteiger partial charge < -0.3 is 20.7 Å². The minimum atomic E-state index is -0.800. The van der Waals surface area contributed by atoms with E-state index in [0.29, 0.717) is 4.88 Å². The summed E-state index contributed by atoms with van der Waals surface area (Å²) in [5.74, 6) is -0.0364. The lowest BCUT2D eigenvalue weighted by Crippen LogP contribution is -2.38. The molecule has 0 spiro atoms. The highest BCUT2D eigenvalue weighted by Crippen LogP contribution is 2.40. The fraction of sp³-hybridized carbons (Fsp3) is 0.222. The molecular weight excluding hydrogens is 424 g/mol. The fourth-order valence-electron chi connectivity index (χ4n) is 2.30. The van der Waals surface area contributed by atoms with E-state index in [1.807, 2.05) is 30.3 Å². The maximum absolute atomic E-state index is 11.7. The average Bonchev–Trinajstić information content (AvgIpc) is 3.18. The molecule has 12 nitrogen and oxygen atoms in total. The van der Waals surface area contributed by atoms with E-state index in [4.69, 9.17) is 11.0 Å². The molecule has 0 radical (unpaired) electrons. The minimum absolute atomic E-state index is 0.00844. The number of nitrogens with two attached hydrogens (primary N) is 1. The van der Waals surface area contributed by atoms with Gasteiger partial charge in [-0.1, -0.05) is 41.7 Å². The Morgan fingerprint density at radius 1 is 1.42 bits per heavy atom. The minimum Gasteiger partial charge on any atom is -0.453 e. The van der Waals surface area contributed by atoms with Gasteiger partial charge in [-0.3, -0.25) is 20.4 Å². The number of methoxy groups -OCH3 is 1. The van der Waals surface area contributed by atoms with Gasteiger partial charge in [-0.2, -0.15) is 5.26 Å². The van der Waals surface area contributed by atoms with Crippen molar-refractivity contribution in [3.05, 3.63) is 46.5 Å². The molecule has 0 saturated heterocycles. The zero-order chi connectivity index (χ0) is 22.8. The van der Waals surface area contributed by atoms with Gasteiger partial charge in [0.2, 0.25) is 18.1 Å². The fourth-order valence-corrected chi connectivity index (χ4v) is 3.23. The molecule has 0 unspecified atom stereocenters. The van der Waals surface area contributed by atoms with E-state index in [2.05, 4.69) is 25.4 Å². The lowest BCUT2D eigenvalue weighted by Gasteiger charge is -2.16. The molecule has 1 aromatic heterocycles. The quantitative estimate of drug-likeness (QED) is 0.200. The number of thiophene rings is 1. The first-order chi connectivity index (χ1) is 14.8. The Morgan fingerprint density at radius 3 is 2.74 bits per heavy atom. The van der Waals surface area contributed by atoms with Gasteiger partial charge in [0.25, 0.3) is 0 Å². The molecule has 0 aliphatic rings. The van der Waals surface area contributed by atoms with Crippen LogP contribution >= 0.6 is 11.3 Å². The van der Waals surface area contributed by atoms with Crippen molar-refractivity contribution in [1.29, 1.82) is 5.26 Å². The predicted octanol–water partition coefficient (Wildman–Crippen LogP) is 2.17. The normalized spacial score (nSPS) is 11.4. The first kappa shape index (κ1) is 23.1. The summed E-state index contributed by atoms with van der Waals surface area (Å²) in [5.41, 5.74) is 6.59. The monoisotopic (exact) mass is 444 g/mol. The van der Waals surface area contributed by atoms with E-state index >= 15 is 0 Å². The van der Waals surface area contributed by atoms with E-state index in [9.17, 15) is 14.9 Å². The summed E-state index contributed by atoms with van der Waals surface area (Å²) in [6.07, 6.45) is 0.784. The summed E-state index contributed by atoms with van der Waals surface area (Å²) in [7, 11) is 2.79. The summed E-state index contributed by atoms with van der Waals surface area (Å²) in [4.78, 5) is 32.5. The Balaban J connectivity index is 2.26. The maximum Gasteiger partial charge on any atom is 0.413 e. The van der Waals surface area contributed by atoms with E-state index in [0.717, 1.165) is 16.9 Å². The number of nitrogens with zero attached hydrogens (tertiary/aromatic N) is 5. The number of carbonyl (C=O) groups excluding carboxylic acids is 1. The summed E-state index contributed by atoms with van der Waals surface area (Å²) >= 11 is 0.994. The van der Waals surface area contributed by atoms with Crippen LogP contribution in [0.25, 0.3) is 10.4 Å². The number of hydrogen-bond acceptors (Lipinski definition) is 8. The first-order valence-corrected chi connectivity index (χ1v) is 9.60. The number of nitro groups is 1. The summed E-state index contributed by atoms with van der Waals surface area (Å²) in [6.45, 7) is 0.403. The van der Waals surface area contributed by atoms with Crippen LogP contribution in [-0.2, 0) is 4.74 Å². The van der Waals surface area contributed by atoms with Crippen LogP contribution in [0.2, 0.25) is 0 Å². The summed E-state index contributed by atoms with van der Waals surface area (Å²) < 4.78 is 4.58. The highest BCUT2D eigenvalue weighted by atomic mass is 32.1. The van der Waals surface area contributed by atoms with Gasteiger partial charge in [0, 0.05) is 18.5 Å². The topological polar surface area (TPSA) is 171 Å². The third kappa shape index (κ3) is 6.68. The van der Waals surface area contributed by atoms with Gasteiger partial charge in [-0.05, 0) is 11.6 Å². The average molecular weight is 444 g/mol. The van der Waals surface area contributed by atoms with Crippen molar-refractivity contribution < 1.29 is 14.5 Å². The number of carbonyl (C=O) groups is 1. The van der Waals surface area contributed by atoms with Gasteiger partial charge in [0.15, 0.2) is 0 Å². The molecule has 0 saturated carbocycles. The molecule has 1 aromatic carbocycles. The number of anilines is 1. The standard InChI is InChI=1S/C18H20N8O4S/c1-25(16(20)22-11-19)9-8-21-17(24-18(27)30-2)23-13-10-14(31-15(13)26(28)29)12-6-4-3-5-7-12/h3-7,10H,8-9H2,1-2H3,(H2,20,22)(H2,21,23,24,27). The van der Waals surface area contributed by atoms with Gasteiger partial charge in [0.05, 0.1) is 18.6 Å². The number of nitriles is 1. The number of guanidine groups is 2. The van der Waals surface area contributed by atoms with E-state index in [1.165, 1.54) is 12.0 Å². The van der Waals surface area contributed by atoms with E-state index < -0.39 is 11.0 Å². The molecule has 1 heterocycles. The van der Waals surface area contributed by atoms with Crippen molar-refractivity contribution in [2.45, 2.75) is 0 Å². The zero-order valence-corrected chi connectivity index (χ0v) is 17.5. The van der Waals surface area contributed by atoms with Crippen LogP contribution in [0.3, 0.4) is 0 Å². The molecule has 13 heteroatoms. The Kier molecular flexibility index (Phi) is 8.29. The Hall–Kier alpha value is -4.18. The molecule has 2 aromatic rings. The maximum atomic E-state index is 11.7. The second-order valence-corrected chi connectivity index (χ2v) is 6.95. The summed E-state index contributed by atoms with van der Waals surface area (Å²) in [5, 5.41) is 25.1. The number of likely N-dealkylation sites (N-methyl/N-ethyl adjacent to an activating group) is 1. The SMILES string of the molecule is COC(=O)NC(=NCCN(C)C(N)=NC#N)Nc1cc(-c2ccccc2)sc1[N+](=O)[O-]. The zero-order valence-electron chi connectivity index (χ0n) is 16.7. The lowest BCUT2D eigenvalue weighted by atomic mass is 10.2. The molecule has 0 atom stereocenters. The number of alkyl carbamates (subject to hydrolysis) is 1. The largest absolute Gasteiger partial charge is 0.453 e. The number of hydrogen-bond donors (Lipinski definition) is 3. The van der Waals surface area contributed by atoms with Crippen molar-refractivity contribution in [2.24, 2.45) is 15.7 Å². The Bertz CT molecular complexity index is 1030. The van der Waals surface area contributed by atoms with Crippen LogP contribution in [0.15, 0.2) is 46.4 Å². The van der Waals surface area contributed by atoms with Crippen molar-refractivity contribution in [3.8, 4) is 16.6 Å². The number of rotatable bonds is 6. The van der Waals surface area contributed by atoms with Crippen LogP contribution < -0.4 is 16.4 Å². The van der Waals surface area contributed by atoms with Crippen molar-refractivity contribution in [2.75, 3.05) is 32.6 Å². The van der Waals surface area contributed by atoms with Crippen molar-refractivity contribution in [3.63, 3.8) is 0 Å². The molecule has 31 heavy (non-hydrogen) atoms. The van der Waals surface area contributed by atoms with Crippen LogP contribution in [-0.4, -0.2) is 55.1 Å². The predicted molar refractivity (Wildman–Crippen MR) is 118 cm³/mol. The van der Waals surface area contributed by atoms with Gasteiger partial charge >= 0.3 is 11.1 Å². The highest BCUT2D eigenvalue weighted by Gasteiger charge is 2.22. The lowest BCUT2D eigenvalue weighted by molar-refractivity contribution is -0.379. The van der Waals surface area contributed by atoms with E-state index in [1.54, 1.807) is 19.3 Å². The van der Waals surface area contributed by atoms with Crippen LogP contribution in [0.4, 0.5) is 15.5 Å². The molecular formula is C18H20N8O4S. The summed E-state index contributed by atoms with van der Waals surface area (Å²) in [6, 6.07) is 10.8. The highest BCUT2D eigenvalue weighted by molar-refractivity contribution is 7.19. The van der Waals surface area contributed by atoms with Crippen LogP contribution in [0, 0.1) is 21.6 Å². The van der Waals surface area contributed by atoms with Crippen LogP contribution in [0.1, 0.15) is 0 Å². The molecule has 1 amide bonds. The number of aliphatic imine (C=N–C) groups is 2. The second kappa shape index (κ2) is 11.1. The number of nitrogens with one attached hydrogen (secondary N) is 2.